The molecule has 0 spiro atoms. The minimum Gasteiger partial charge on any atom is -0.292 e. The molecule has 5 heteroatoms. The zero-order chi connectivity index (χ0) is 13.3. The molecular formula is C13H18N4O. The monoisotopic (exact) mass is 246 g/mol. The maximum atomic E-state index is 12.0. The van der Waals surface area contributed by atoms with Crippen LogP contribution in [0.2, 0.25) is 0 Å². The highest BCUT2D eigenvalue weighted by atomic mass is 16.1. The van der Waals surface area contributed by atoms with Crippen molar-refractivity contribution in [2.45, 2.75) is 26.7 Å². The van der Waals surface area contributed by atoms with Crippen molar-refractivity contribution in [3.8, 4) is 0 Å². The van der Waals surface area contributed by atoms with Crippen molar-refractivity contribution in [1.82, 2.24) is 19.6 Å². The highest BCUT2D eigenvalue weighted by Crippen LogP contribution is 2.15. The predicted octanol–water partition coefficient (Wildman–Crippen LogP) is 1.59. The molecule has 0 atom stereocenters. The third-order valence-electron chi connectivity index (χ3n) is 3.26. The second-order valence-electron chi connectivity index (χ2n) is 4.57. The fraction of sp³-hybridized carbons (Fsp3) is 0.462. The van der Waals surface area contributed by atoms with Gasteiger partial charge in [0.05, 0.1) is 5.69 Å². The van der Waals surface area contributed by atoms with E-state index in [1.54, 1.807) is 16.9 Å². The molecule has 0 amide bonds. The van der Waals surface area contributed by atoms with Gasteiger partial charge in [-0.05, 0) is 31.9 Å². The lowest BCUT2D eigenvalue weighted by atomic mass is 10.0. The van der Waals surface area contributed by atoms with Crippen molar-refractivity contribution in [3.05, 3.63) is 34.9 Å². The summed E-state index contributed by atoms with van der Waals surface area (Å²) < 4.78 is 3.50. The number of rotatable bonds is 4. The smallest absolute Gasteiger partial charge is 0.183 e. The first kappa shape index (κ1) is 12.5. The Hall–Kier alpha value is -1.91. The van der Waals surface area contributed by atoms with Gasteiger partial charge in [-0.1, -0.05) is 0 Å². The molecule has 0 aromatic carbocycles. The summed E-state index contributed by atoms with van der Waals surface area (Å²) in [5, 5.41) is 8.47. The summed E-state index contributed by atoms with van der Waals surface area (Å²) in [6.07, 6.45) is 2.99. The van der Waals surface area contributed by atoms with E-state index in [0.29, 0.717) is 12.1 Å². The van der Waals surface area contributed by atoms with E-state index in [4.69, 9.17) is 0 Å². The van der Waals surface area contributed by atoms with Gasteiger partial charge in [-0.25, -0.2) is 0 Å². The van der Waals surface area contributed by atoms with Crippen LogP contribution >= 0.6 is 0 Å². The van der Waals surface area contributed by atoms with E-state index in [9.17, 15) is 4.79 Å². The van der Waals surface area contributed by atoms with E-state index in [0.717, 1.165) is 17.8 Å². The molecule has 0 N–H and O–H groups in total. The van der Waals surface area contributed by atoms with Gasteiger partial charge in [-0.2, -0.15) is 10.2 Å². The molecule has 2 heterocycles. The van der Waals surface area contributed by atoms with Crippen LogP contribution in [0.15, 0.2) is 12.3 Å². The summed E-state index contributed by atoms with van der Waals surface area (Å²) in [5.74, 6) is 0.0817. The van der Waals surface area contributed by atoms with E-state index in [1.165, 1.54) is 5.56 Å². The lowest BCUT2D eigenvalue weighted by Crippen LogP contribution is -2.04. The quantitative estimate of drug-likeness (QED) is 0.770. The van der Waals surface area contributed by atoms with Crippen molar-refractivity contribution in [2.24, 2.45) is 14.1 Å². The van der Waals surface area contributed by atoms with Crippen molar-refractivity contribution in [2.75, 3.05) is 0 Å². The molecule has 0 aliphatic rings. The van der Waals surface area contributed by atoms with Gasteiger partial charge in [0.15, 0.2) is 5.78 Å². The Kier molecular flexibility index (Phi) is 3.32. The first-order valence-corrected chi connectivity index (χ1v) is 6.01. The van der Waals surface area contributed by atoms with E-state index >= 15 is 0 Å². The first-order valence-electron chi connectivity index (χ1n) is 6.01. The highest BCUT2D eigenvalue weighted by Gasteiger charge is 2.13. The number of nitrogens with zero attached hydrogens (tertiary/aromatic N) is 4. The number of hydrogen-bond donors (Lipinski definition) is 0. The van der Waals surface area contributed by atoms with Gasteiger partial charge in [0.1, 0.15) is 5.69 Å². The second-order valence-corrected chi connectivity index (χ2v) is 4.57. The number of aryl methyl sites for hydroxylation is 3. The molecule has 18 heavy (non-hydrogen) atoms. The number of Topliss-reactive ketones (excluding diaryl/α,β-unsaturated/α-hetero) is 1. The summed E-state index contributed by atoms with van der Waals surface area (Å²) in [6.45, 7) is 4.01. The fourth-order valence-electron chi connectivity index (χ4n) is 2.11. The molecule has 5 nitrogen and oxygen atoms in total. The molecule has 0 radical (unpaired) electrons. The maximum Gasteiger partial charge on any atom is 0.183 e. The largest absolute Gasteiger partial charge is 0.292 e. The van der Waals surface area contributed by atoms with Gasteiger partial charge in [-0.3, -0.25) is 14.2 Å². The zero-order valence-corrected chi connectivity index (χ0v) is 11.3. The molecule has 0 unspecified atom stereocenters. The van der Waals surface area contributed by atoms with Crippen LogP contribution in [-0.4, -0.2) is 25.3 Å². The molecule has 2 aromatic rings. The summed E-state index contributed by atoms with van der Waals surface area (Å²) in [4.78, 5) is 12.0. The van der Waals surface area contributed by atoms with Crippen LogP contribution in [-0.2, 0) is 20.5 Å². The first-order chi connectivity index (χ1) is 8.49. The summed E-state index contributed by atoms with van der Waals surface area (Å²) in [7, 11) is 3.73. The Balaban J connectivity index is 2.06. The Labute approximate surface area is 106 Å². The Bertz CT molecular complexity index is 580. The van der Waals surface area contributed by atoms with Crippen molar-refractivity contribution in [1.29, 1.82) is 0 Å². The average molecular weight is 246 g/mol. The zero-order valence-electron chi connectivity index (χ0n) is 11.3. The molecule has 0 aliphatic carbocycles. The molecule has 0 fully saturated rings. The Morgan fingerprint density at radius 2 is 2.00 bits per heavy atom. The molecule has 0 saturated carbocycles. The van der Waals surface area contributed by atoms with Gasteiger partial charge >= 0.3 is 0 Å². The molecule has 0 saturated heterocycles. The van der Waals surface area contributed by atoms with E-state index in [2.05, 4.69) is 10.2 Å². The van der Waals surface area contributed by atoms with Crippen LogP contribution in [0.1, 0.15) is 33.9 Å². The van der Waals surface area contributed by atoms with E-state index in [-0.39, 0.29) is 5.78 Å². The number of carbonyl (C=O) groups is 1. The Morgan fingerprint density at radius 3 is 2.50 bits per heavy atom. The summed E-state index contributed by atoms with van der Waals surface area (Å²) in [5.41, 5.74) is 3.84. The molecular weight excluding hydrogens is 228 g/mol. The van der Waals surface area contributed by atoms with Crippen LogP contribution in [0, 0.1) is 13.8 Å². The fourth-order valence-corrected chi connectivity index (χ4v) is 2.11. The lowest BCUT2D eigenvalue weighted by molar-refractivity contribution is 0.0977. The van der Waals surface area contributed by atoms with Crippen LogP contribution in [0.5, 0.6) is 0 Å². The lowest BCUT2D eigenvalue weighted by Gasteiger charge is -2.00. The highest BCUT2D eigenvalue weighted by molar-refractivity contribution is 5.94. The minimum atomic E-state index is 0.0817. The molecule has 0 aliphatic heterocycles. The second kappa shape index (κ2) is 4.76. The summed E-state index contributed by atoms with van der Waals surface area (Å²) >= 11 is 0. The standard InChI is InChI=1S/C13H18N4O/c1-9-11(10(2)17(4)14-9)5-6-13(18)12-7-8-16(3)15-12/h7-8H,5-6H2,1-4H3. The topological polar surface area (TPSA) is 52.7 Å². The average Bonchev–Trinajstić information content (AvgIpc) is 2.83. The van der Waals surface area contributed by atoms with Crippen LogP contribution in [0.4, 0.5) is 0 Å². The number of ketones is 1. The van der Waals surface area contributed by atoms with E-state index in [1.807, 2.05) is 32.6 Å². The van der Waals surface area contributed by atoms with Crippen molar-refractivity contribution >= 4 is 5.78 Å². The van der Waals surface area contributed by atoms with Crippen LogP contribution in [0.25, 0.3) is 0 Å². The van der Waals surface area contributed by atoms with Gasteiger partial charge in [-0.15, -0.1) is 0 Å². The molecule has 0 bridgehead atoms. The van der Waals surface area contributed by atoms with Gasteiger partial charge in [0.25, 0.3) is 0 Å². The van der Waals surface area contributed by atoms with Crippen LogP contribution in [0.3, 0.4) is 0 Å². The van der Waals surface area contributed by atoms with Crippen molar-refractivity contribution < 1.29 is 4.79 Å². The third kappa shape index (κ3) is 2.34. The minimum absolute atomic E-state index is 0.0817. The summed E-state index contributed by atoms with van der Waals surface area (Å²) in [6, 6.07) is 1.76. The van der Waals surface area contributed by atoms with E-state index < -0.39 is 0 Å². The molecule has 96 valence electrons. The van der Waals surface area contributed by atoms with Gasteiger partial charge in [0.2, 0.25) is 0 Å². The molecule has 2 rings (SSSR count). The predicted molar refractivity (Wildman–Crippen MR) is 68.5 cm³/mol. The molecule has 2 aromatic heterocycles. The number of aromatic nitrogens is 4. The number of carbonyl (C=O) groups excluding carboxylic acids is 1. The van der Waals surface area contributed by atoms with Crippen molar-refractivity contribution in [3.63, 3.8) is 0 Å². The van der Waals surface area contributed by atoms with Gasteiger partial charge in [0, 0.05) is 32.4 Å². The number of hydrogen-bond acceptors (Lipinski definition) is 3. The normalized spacial score (nSPS) is 10.9. The maximum absolute atomic E-state index is 12.0. The SMILES string of the molecule is Cc1nn(C)c(C)c1CCC(=O)c1ccn(C)n1. The van der Waals surface area contributed by atoms with Gasteiger partial charge < -0.3 is 0 Å². The van der Waals surface area contributed by atoms with Crippen LogP contribution < -0.4 is 0 Å². The Morgan fingerprint density at radius 1 is 1.28 bits per heavy atom. The third-order valence-corrected chi connectivity index (χ3v) is 3.26.